The molecule has 0 bridgehead atoms. The summed E-state index contributed by atoms with van der Waals surface area (Å²) >= 11 is 0. The lowest BCUT2D eigenvalue weighted by molar-refractivity contribution is -0.274. The van der Waals surface area contributed by atoms with Crippen molar-refractivity contribution >= 4 is 34.1 Å². The molecule has 8 nitrogen and oxygen atoms in total. The number of hydrogen-bond donors (Lipinski definition) is 2. The van der Waals surface area contributed by atoms with Crippen molar-refractivity contribution in [2.45, 2.75) is 31.9 Å². The van der Waals surface area contributed by atoms with Crippen LogP contribution in [0.5, 0.6) is 5.75 Å². The molecule has 11 heteroatoms. The number of ether oxygens (including phenoxy) is 2. The number of fused-ring (bicyclic) bond motifs is 2. The van der Waals surface area contributed by atoms with Gasteiger partial charge in [-0.3, -0.25) is 5.32 Å². The molecule has 2 aromatic heterocycles. The summed E-state index contributed by atoms with van der Waals surface area (Å²) in [6.07, 6.45) is -3.96. The van der Waals surface area contributed by atoms with E-state index in [4.69, 9.17) is 9.15 Å². The molecule has 0 radical (unpaired) electrons. The standard InChI is InChI=1S/C21H19F3N4O4/c1-2-12-3-6-16-15(7-12)25-18(28(16)9-20(29)10-30-11-20)27-19-26-14-5-4-13(8-17(14)31-19)32-21(22,23)24/h3-8,29H,2,9-11H2,1H3,(H,25,26,27). The fourth-order valence-corrected chi connectivity index (χ4v) is 3.63. The zero-order chi connectivity index (χ0) is 22.5. The molecule has 4 aromatic rings. The molecule has 1 fully saturated rings. The van der Waals surface area contributed by atoms with Crippen LogP contribution < -0.4 is 10.1 Å². The summed E-state index contributed by atoms with van der Waals surface area (Å²) in [6.45, 7) is 2.70. The number of imidazole rings is 1. The lowest BCUT2D eigenvalue weighted by Gasteiger charge is -2.36. The van der Waals surface area contributed by atoms with E-state index in [-0.39, 0.29) is 31.4 Å². The molecule has 168 valence electrons. The van der Waals surface area contributed by atoms with Crippen molar-refractivity contribution in [2.75, 3.05) is 18.5 Å². The maximum absolute atomic E-state index is 12.5. The van der Waals surface area contributed by atoms with Gasteiger partial charge < -0.3 is 23.6 Å². The van der Waals surface area contributed by atoms with Gasteiger partial charge in [-0.05, 0) is 36.2 Å². The van der Waals surface area contributed by atoms with Crippen LogP contribution in [0.2, 0.25) is 0 Å². The predicted molar refractivity (Wildman–Crippen MR) is 109 cm³/mol. The summed E-state index contributed by atoms with van der Waals surface area (Å²) in [5, 5.41) is 13.6. The molecule has 0 amide bonds. The van der Waals surface area contributed by atoms with Crippen molar-refractivity contribution in [3.8, 4) is 5.75 Å². The molecular weight excluding hydrogens is 429 g/mol. The maximum atomic E-state index is 12.5. The topological polar surface area (TPSA) is 94.6 Å². The number of hydrogen-bond acceptors (Lipinski definition) is 7. The number of aromatic nitrogens is 3. The van der Waals surface area contributed by atoms with Gasteiger partial charge in [0, 0.05) is 6.07 Å². The van der Waals surface area contributed by atoms with E-state index in [1.807, 2.05) is 29.7 Å². The first-order valence-electron chi connectivity index (χ1n) is 9.94. The number of nitrogens with one attached hydrogen (secondary N) is 1. The summed E-state index contributed by atoms with van der Waals surface area (Å²) in [6, 6.07) is 9.59. The Bertz CT molecular complexity index is 1290. The SMILES string of the molecule is CCc1ccc2c(c1)nc(Nc1nc3ccc(OC(F)(F)F)cc3o1)n2CC1(O)COC1. The number of benzene rings is 2. The second kappa shape index (κ2) is 7.38. The van der Waals surface area contributed by atoms with Crippen molar-refractivity contribution in [1.29, 1.82) is 0 Å². The van der Waals surface area contributed by atoms with E-state index in [1.54, 1.807) is 0 Å². The summed E-state index contributed by atoms with van der Waals surface area (Å²) in [4.78, 5) is 8.89. The Kier molecular flexibility index (Phi) is 4.75. The molecule has 0 unspecified atom stereocenters. The van der Waals surface area contributed by atoms with Gasteiger partial charge >= 0.3 is 12.4 Å². The number of alkyl halides is 3. The Hall–Kier alpha value is -3.31. The van der Waals surface area contributed by atoms with Gasteiger partial charge in [-0.25, -0.2) is 4.98 Å². The highest BCUT2D eigenvalue weighted by molar-refractivity contribution is 5.81. The van der Waals surface area contributed by atoms with Crippen LogP contribution in [0.25, 0.3) is 22.1 Å². The van der Waals surface area contributed by atoms with Gasteiger partial charge in [0.25, 0.3) is 0 Å². The Morgan fingerprint density at radius 3 is 2.66 bits per heavy atom. The molecular formula is C21H19F3N4O4. The number of anilines is 2. The molecule has 2 aromatic carbocycles. The third kappa shape index (κ3) is 3.96. The number of oxazole rings is 1. The van der Waals surface area contributed by atoms with Crippen LogP contribution in [-0.4, -0.2) is 44.8 Å². The lowest BCUT2D eigenvalue weighted by atomic mass is 10.0. The number of aryl methyl sites for hydroxylation is 1. The van der Waals surface area contributed by atoms with Gasteiger partial charge in [-0.2, -0.15) is 4.98 Å². The average Bonchev–Trinajstić information content (AvgIpc) is 3.25. The summed E-state index contributed by atoms with van der Waals surface area (Å²) in [5.41, 5.74) is 2.10. The molecule has 5 rings (SSSR count). The highest BCUT2D eigenvalue weighted by Crippen LogP contribution is 2.31. The minimum atomic E-state index is -4.80. The molecule has 32 heavy (non-hydrogen) atoms. The zero-order valence-corrected chi connectivity index (χ0v) is 16.9. The van der Waals surface area contributed by atoms with Crippen LogP contribution in [0.4, 0.5) is 25.1 Å². The normalized spacial score (nSPS) is 15.8. The second-order valence-electron chi connectivity index (χ2n) is 7.74. The highest BCUT2D eigenvalue weighted by Gasteiger charge is 2.37. The van der Waals surface area contributed by atoms with Gasteiger partial charge in [0.1, 0.15) is 16.9 Å². The predicted octanol–water partition coefficient (Wildman–Crippen LogP) is 4.14. The van der Waals surface area contributed by atoms with Crippen LogP contribution >= 0.6 is 0 Å². The Balaban J connectivity index is 1.50. The molecule has 1 saturated heterocycles. The largest absolute Gasteiger partial charge is 0.573 e. The first kappa shape index (κ1) is 20.6. The summed E-state index contributed by atoms with van der Waals surface area (Å²) < 4.78 is 53.9. The van der Waals surface area contributed by atoms with Gasteiger partial charge in [0.05, 0.1) is 30.8 Å². The van der Waals surface area contributed by atoms with Crippen LogP contribution in [0.15, 0.2) is 40.8 Å². The fraction of sp³-hybridized carbons (Fsp3) is 0.333. The number of halogens is 3. The third-order valence-electron chi connectivity index (χ3n) is 5.23. The molecule has 0 saturated carbocycles. The smallest absolute Gasteiger partial charge is 0.423 e. The minimum Gasteiger partial charge on any atom is -0.423 e. The van der Waals surface area contributed by atoms with E-state index < -0.39 is 17.7 Å². The van der Waals surface area contributed by atoms with E-state index in [1.165, 1.54) is 6.07 Å². The molecule has 1 aliphatic rings. The monoisotopic (exact) mass is 448 g/mol. The fourth-order valence-electron chi connectivity index (χ4n) is 3.63. The highest BCUT2D eigenvalue weighted by atomic mass is 19.4. The maximum Gasteiger partial charge on any atom is 0.573 e. The Labute approximate surface area is 179 Å². The molecule has 1 aliphatic heterocycles. The number of rotatable bonds is 6. The molecule has 0 aliphatic carbocycles. The van der Waals surface area contributed by atoms with Crippen molar-refractivity contribution in [2.24, 2.45) is 0 Å². The van der Waals surface area contributed by atoms with Crippen LogP contribution in [0.1, 0.15) is 12.5 Å². The van der Waals surface area contributed by atoms with E-state index >= 15 is 0 Å². The Morgan fingerprint density at radius 2 is 1.97 bits per heavy atom. The molecule has 0 spiro atoms. The lowest BCUT2D eigenvalue weighted by Crippen LogP contribution is -2.52. The van der Waals surface area contributed by atoms with Gasteiger partial charge in [-0.15, -0.1) is 13.2 Å². The molecule has 2 N–H and O–H groups in total. The minimum absolute atomic E-state index is 0.0493. The summed E-state index contributed by atoms with van der Waals surface area (Å²) in [7, 11) is 0. The molecule has 0 atom stereocenters. The third-order valence-corrected chi connectivity index (χ3v) is 5.23. The zero-order valence-electron chi connectivity index (χ0n) is 16.9. The average molecular weight is 448 g/mol. The van der Waals surface area contributed by atoms with Gasteiger partial charge in [-0.1, -0.05) is 13.0 Å². The quantitative estimate of drug-likeness (QED) is 0.458. The van der Waals surface area contributed by atoms with E-state index in [2.05, 4.69) is 20.0 Å². The first-order chi connectivity index (χ1) is 15.2. The first-order valence-corrected chi connectivity index (χ1v) is 9.94. The number of aliphatic hydroxyl groups is 1. The van der Waals surface area contributed by atoms with Crippen LogP contribution in [0, 0.1) is 0 Å². The van der Waals surface area contributed by atoms with Crippen molar-refractivity contribution in [1.82, 2.24) is 14.5 Å². The van der Waals surface area contributed by atoms with Gasteiger partial charge in [0.15, 0.2) is 5.58 Å². The van der Waals surface area contributed by atoms with E-state index in [9.17, 15) is 18.3 Å². The van der Waals surface area contributed by atoms with E-state index in [0.29, 0.717) is 11.5 Å². The van der Waals surface area contributed by atoms with Crippen LogP contribution in [0.3, 0.4) is 0 Å². The molecule has 3 heterocycles. The number of nitrogens with zero attached hydrogens (tertiary/aromatic N) is 3. The van der Waals surface area contributed by atoms with Crippen LogP contribution in [-0.2, 0) is 17.7 Å². The van der Waals surface area contributed by atoms with Crippen molar-refractivity contribution in [3.05, 3.63) is 42.0 Å². The second-order valence-corrected chi connectivity index (χ2v) is 7.74. The van der Waals surface area contributed by atoms with Crippen molar-refractivity contribution in [3.63, 3.8) is 0 Å². The van der Waals surface area contributed by atoms with Gasteiger partial charge in [0.2, 0.25) is 5.95 Å². The van der Waals surface area contributed by atoms with E-state index in [0.717, 1.165) is 35.2 Å². The summed E-state index contributed by atoms with van der Waals surface area (Å²) in [5.74, 6) is -0.0221. The Morgan fingerprint density at radius 1 is 1.16 bits per heavy atom. The van der Waals surface area contributed by atoms with Crippen molar-refractivity contribution < 1.29 is 32.2 Å².